The molecule has 7 nitrogen and oxygen atoms in total. The van der Waals surface area contributed by atoms with Gasteiger partial charge in [-0.2, -0.15) is 4.98 Å². The van der Waals surface area contributed by atoms with Gasteiger partial charge in [-0.15, -0.1) is 13.2 Å². The topological polar surface area (TPSA) is 88.6 Å². The van der Waals surface area contributed by atoms with Gasteiger partial charge in [-0.3, -0.25) is 14.7 Å². The molecule has 0 unspecified atom stereocenters. The predicted molar refractivity (Wildman–Crippen MR) is 109 cm³/mol. The van der Waals surface area contributed by atoms with E-state index in [4.69, 9.17) is 0 Å². The lowest BCUT2D eigenvalue weighted by Crippen LogP contribution is -2.33. The Bertz CT molecular complexity index is 1220. The maximum atomic E-state index is 12.4. The minimum atomic E-state index is -4.58. The maximum absolute atomic E-state index is 12.4. The number of nitrogens with one attached hydrogen (secondary N) is 2. The monoisotopic (exact) mass is 428 g/mol. The molecule has 3 aromatic heterocycles. The molecule has 1 aliphatic carbocycles. The number of alkyl halides is 3. The first-order chi connectivity index (χ1) is 14.9. The normalized spacial score (nSPS) is 19.7. The summed E-state index contributed by atoms with van der Waals surface area (Å²) < 4.78 is 41.2. The lowest BCUT2D eigenvalue weighted by molar-refractivity contribution is -0.345. The average molecular weight is 428 g/mol. The highest BCUT2D eigenvalue weighted by Gasteiger charge is 2.35. The second-order valence-corrected chi connectivity index (χ2v) is 7.60. The molecule has 10 heteroatoms. The molecule has 0 bridgehead atoms. The zero-order chi connectivity index (χ0) is 21.4. The van der Waals surface area contributed by atoms with Crippen LogP contribution in [0.5, 0.6) is 0 Å². The second kappa shape index (κ2) is 7.77. The molecule has 2 N–H and O–H groups in total. The molecule has 0 spiro atoms. The van der Waals surface area contributed by atoms with Crippen LogP contribution in [0.15, 0.2) is 43.0 Å². The van der Waals surface area contributed by atoms with E-state index < -0.39 is 12.5 Å². The van der Waals surface area contributed by atoms with Gasteiger partial charge in [-0.25, -0.2) is 4.98 Å². The first kappa shape index (κ1) is 19.7. The van der Waals surface area contributed by atoms with E-state index in [1.807, 2.05) is 24.4 Å². The van der Waals surface area contributed by atoms with Crippen molar-refractivity contribution in [2.75, 3.05) is 5.32 Å². The molecule has 1 saturated carbocycles. The van der Waals surface area contributed by atoms with E-state index in [0.29, 0.717) is 37.3 Å². The van der Waals surface area contributed by atoms with Gasteiger partial charge in [-0.05, 0) is 43.4 Å². The van der Waals surface area contributed by atoms with Crippen molar-refractivity contribution in [3.63, 3.8) is 0 Å². The van der Waals surface area contributed by atoms with E-state index in [1.54, 1.807) is 18.6 Å². The molecule has 5 rings (SSSR count). The summed E-state index contributed by atoms with van der Waals surface area (Å²) in [5.41, 5.74) is 4.24. The predicted octanol–water partition coefficient (Wildman–Crippen LogP) is 4.83. The third kappa shape index (κ3) is 4.29. The van der Waals surface area contributed by atoms with Crippen LogP contribution in [-0.2, 0) is 4.74 Å². The van der Waals surface area contributed by atoms with Gasteiger partial charge in [0.15, 0.2) is 0 Å². The number of ether oxygens (including phenoxy) is 1. The number of anilines is 1. The van der Waals surface area contributed by atoms with Crippen molar-refractivity contribution < 1.29 is 17.9 Å². The number of aromatic amines is 1. The molecule has 0 aliphatic heterocycles. The summed E-state index contributed by atoms with van der Waals surface area (Å²) in [6.45, 7) is 0. The fourth-order valence-electron chi connectivity index (χ4n) is 4.04. The number of benzene rings is 1. The van der Waals surface area contributed by atoms with Crippen molar-refractivity contribution in [2.45, 2.75) is 44.2 Å². The van der Waals surface area contributed by atoms with Gasteiger partial charge in [0.2, 0.25) is 5.95 Å². The molecule has 1 fully saturated rings. The van der Waals surface area contributed by atoms with Gasteiger partial charge < -0.3 is 10.3 Å². The number of aromatic nitrogens is 5. The Morgan fingerprint density at radius 1 is 1.00 bits per heavy atom. The van der Waals surface area contributed by atoms with Crippen LogP contribution in [0.4, 0.5) is 19.1 Å². The number of halogens is 3. The van der Waals surface area contributed by atoms with Gasteiger partial charge >= 0.3 is 6.36 Å². The summed E-state index contributed by atoms with van der Waals surface area (Å²) in [5, 5.41) is 4.10. The van der Waals surface area contributed by atoms with Crippen LogP contribution in [-0.4, -0.2) is 43.4 Å². The van der Waals surface area contributed by atoms with E-state index in [1.165, 1.54) is 0 Å². The van der Waals surface area contributed by atoms with E-state index >= 15 is 0 Å². The van der Waals surface area contributed by atoms with Crippen LogP contribution in [0.25, 0.3) is 33.2 Å². The lowest BCUT2D eigenvalue weighted by Gasteiger charge is -2.29. The van der Waals surface area contributed by atoms with Crippen LogP contribution >= 0.6 is 0 Å². The number of fused-ring (bicyclic) bond motifs is 2. The molecule has 3 heterocycles. The Kier molecular flexibility index (Phi) is 4.93. The summed E-state index contributed by atoms with van der Waals surface area (Å²) in [4.78, 5) is 20.8. The second-order valence-electron chi connectivity index (χ2n) is 7.60. The molecule has 160 valence electrons. The van der Waals surface area contributed by atoms with E-state index in [2.05, 4.69) is 35.0 Å². The molecule has 31 heavy (non-hydrogen) atoms. The number of rotatable bonds is 4. The molecular formula is C21H19F3N6O. The van der Waals surface area contributed by atoms with Gasteiger partial charge in [0.05, 0.1) is 17.1 Å². The SMILES string of the molecule is FC(F)(F)O[C@H]1CC[C@@H](Nc2ncc3c(-c4ccc5nccnc5c4)c[nH]c3n2)CC1. The average Bonchev–Trinajstić information content (AvgIpc) is 3.17. The van der Waals surface area contributed by atoms with Crippen molar-refractivity contribution in [1.29, 1.82) is 0 Å². The van der Waals surface area contributed by atoms with Crippen molar-refractivity contribution in [3.05, 3.63) is 43.0 Å². The summed E-state index contributed by atoms with van der Waals surface area (Å²) in [6.07, 6.45) is 3.40. The molecule has 0 radical (unpaired) electrons. The van der Waals surface area contributed by atoms with Gasteiger partial charge in [0.25, 0.3) is 0 Å². The quantitative estimate of drug-likeness (QED) is 0.484. The highest BCUT2D eigenvalue weighted by molar-refractivity contribution is 5.95. The van der Waals surface area contributed by atoms with Crippen LogP contribution < -0.4 is 5.32 Å². The Morgan fingerprint density at radius 2 is 1.77 bits per heavy atom. The van der Waals surface area contributed by atoms with Crippen molar-refractivity contribution in [3.8, 4) is 11.1 Å². The number of hydrogen-bond acceptors (Lipinski definition) is 6. The smallest absolute Gasteiger partial charge is 0.351 e. The van der Waals surface area contributed by atoms with Gasteiger partial charge in [0, 0.05) is 41.8 Å². The highest BCUT2D eigenvalue weighted by Crippen LogP contribution is 2.31. The minimum Gasteiger partial charge on any atom is -0.351 e. The van der Waals surface area contributed by atoms with Crippen molar-refractivity contribution in [2.24, 2.45) is 0 Å². The summed E-state index contributed by atoms with van der Waals surface area (Å²) in [6, 6.07) is 5.89. The first-order valence-electron chi connectivity index (χ1n) is 10.0. The first-order valence-corrected chi connectivity index (χ1v) is 10.0. The molecular weight excluding hydrogens is 409 g/mol. The van der Waals surface area contributed by atoms with Crippen LogP contribution in [0.3, 0.4) is 0 Å². The number of H-pyrrole nitrogens is 1. The summed E-state index contributed by atoms with van der Waals surface area (Å²) in [5.74, 6) is 0.450. The van der Waals surface area contributed by atoms with Gasteiger partial charge in [0.1, 0.15) is 5.65 Å². The zero-order valence-electron chi connectivity index (χ0n) is 16.4. The zero-order valence-corrected chi connectivity index (χ0v) is 16.4. The van der Waals surface area contributed by atoms with E-state index in [9.17, 15) is 13.2 Å². The fourth-order valence-corrected chi connectivity index (χ4v) is 4.04. The number of nitrogens with zero attached hydrogens (tertiary/aromatic N) is 4. The Labute approximate surface area is 175 Å². The minimum absolute atomic E-state index is 0.0130. The molecule has 1 aliphatic rings. The molecule has 0 saturated heterocycles. The highest BCUT2D eigenvalue weighted by atomic mass is 19.4. The lowest BCUT2D eigenvalue weighted by atomic mass is 9.93. The summed E-state index contributed by atoms with van der Waals surface area (Å²) in [7, 11) is 0. The maximum Gasteiger partial charge on any atom is 0.522 e. The molecule has 0 atom stereocenters. The van der Waals surface area contributed by atoms with Crippen molar-refractivity contribution in [1.82, 2.24) is 24.9 Å². The largest absolute Gasteiger partial charge is 0.522 e. The van der Waals surface area contributed by atoms with Gasteiger partial charge in [-0.1, -0.05) is 6.07 Å². The fraction of sp³-hybridized carbons (Fsp3) is 0.333. The van der Waals surface area contributed by atoms with Crippen LogP contribution in [0.2, 0.25) is 0 Å². The third-order valence-corrected chi connectivity index (χ3v) is 5.52. The Morgan fingerprint density at radius 3 is 2.55 bits per heavy atom. The summed E-state index contributed by atoms with van der Waals surface area (Å²) >= 11 is 0. The van der Waals surface area contributed by atoms with E-state index in [-0.39, 0.29) is 6.04 Å². The molecule has 0 amide bonds. The molecule has 4 aromatic rings. The Hall–Kier alpha value is -3.27. The van der Waals surface area contributed by atoms with E-state index in [0.717, 1.165) is 27.5 Å². The van der Waals surface area contributed by atoms with Crippen LogP contribution in [0, 0.1) is 0 Å². The van der Waals surface area contributed by atoms with Crippen LogP contribution in [0.1, 0.15) is 25.7 Å². The van der Waals surface area contributed by atoms with Crippen molar-refractivity contribution >= 4 is 28.0 Å². The Balaban J connectivity index is 1.30. The standard InChI is InChI=1S/C21H19F3N6O/c22-21(23,24)31-14-4-2-13(3-5-14)29-20-28-11-16-15(10-27-19(16)30-20)12-1-6-17-18(9-12)26-8-7-25-17/h1,6-11,13-14H,2-5H2,(H2,27,28,29,30)/t13-,14+. The third-order valence-electron chi connectivity index (χ3n) is 5.52. The molecule has 1 aromatic carbocycles. The number of hydrogen-bond donors (Lipinski definition) is 2.